The molecule has 1 atom stereocenters. The fourth-order valence-corrected chi connectivity index (χ4v) is 3.17. The highest BCUT2D eigenvalue weighted by molar-refractivity contribution is 7.13. The summed E-state index contributed by atoms with van der Waals surface area (Å²) in [6.07, 6.45) is 3.81. The summed E-state index contributed by atoms with van der Waals surface area (Å²) in [6, 6.07) is 7.25. The van der Waals surface area contributed by atoms with Crippen LogP contribution in [0.5, 0.6) is 0 Å². The minimum atomic E-state index is -1.44. The van der Waals surface area contributed by atoms with Crippen molar-refractivity contribution in [1.29, 1.82) is 0 Å². The van der Waals surface area contributed by atoms with Crippen molar-refractivity contribution in [3.05, 3.63) is 58.3 Å². The number of carbonyl (C=O) groups is 3. The number of halogens is 1. The summed E-state index contributed by atoms with van der Waals surface area (Å²) in [5.74, 6) is -3.28. The van der Waals surface area contributed by atoms with Gasteiger partial charge in [-0.2, -0.15) is 0 Å². The Labute approximate surface area is 152 Å². The Morgan fingerprint density at radius 3 is 2.68 bits per heavy atom. The molecule has 0 amide bonds. The molecule has 1 aliphatic rings. The van der Waals surface area contributed by atoms with Gasteiger partial charge in [0.2, 0.25) is 0 Å². The van der Waals surface area contributed by atoms with E-state index in [1.165, 1.54) is 30.4 Å². The third-order valence-electron chi connectivity index (χ3n) is 3.44. The number of benzene rings is 1. The van der Waals surface area contributed by atoms with Crippen molar-refractivity contribution in [2.24, 2.45) is 5.92 Å². The Morgan fingerprint density at radius 1 is 1.28 bits per heavy atom. The van der Waals surface area contributed by atoms with Crippen molar-refractivity contribution in [2.45, 2.75) is 6.92 Å². The van der Waals surface area contributed by atoms with Crippen LogP contribution in [0.3, 0.4) is 0 Å². The van der Waals surface area contributed by atoms with E-state index in [1.54, 1.807) is 17.5 Å². The van der Waals surface area contributed by atoms with Crippen molar-refractivity contribution in [2.75, 3.05) is 0 Å². The van der Waals surface area contributed by atoms with Crippen LogP contribution in [0.25, 0.3) is 16.6 Å². The number of cyclic esters (lactones) is 1. The van der Waals surface area contributed by atoms with Crippen LogP contribution in [-0.4, -0.2) is 22.5 Å². The third-order valence-corrected chi connectivity index (χ3v) is 4.60. The number of allylic oxidation sites excluding steroid dienone is 3. The molecule has 7 heteroatoms. The molecule has 0 bridgehead atoms. The molecule has 0 aliphatic carbocycles. The Bertz CT molecular complexity index is 911. The number of hydrogen-bond donors (Lipinski definition) is 0. The maximum atomic E-state index is 12.1. The molecule has 2 heterocycles. The van der Waals surface area contributed by atoms with E-state index >= 15 is 0 Å². The molecule has 3 rings (SSSR count). The van der Waals surface area contributed by atoms with Crippen LogP contribution < -0.4 is 0 Å². The first-order valence-electron chi connectivity index (χ1n) is 7.31. The maximum Gasteiger partial charge on any atom is 0.329 e. The van der Waals surface area contributed by atoms with Crippen molar-refractivity contribution < 1.29 is 19.1 Å². The molecule has 0 fully saturated rings. The Kier molecular flexibility index (Phi) is 4.92. The van der Waals surface area contributed by atoms with E-state index in [1.807, 2.05) is 12.1 Å². The first-order chi connectivity index (χ1) is 11.9. The predicted octanol–water partition coefficient (Wildman–Crippen LogP) is 3.69. The molecule has 0 radical (unpaired) electrons. The van der Waals surface area contributed by atoms with E-state index in [2.05, 4.69) is 4.98 Å². The second-order valence-corrected chi connectivity index (χ2v) is 6.63. The lowest BCUT2D eigenvalue weighted by Gasteiger charge is -2.15. The molecule has 0 saturated heterocycles. The standard InChI is InChI=1S/C18H12ClNO4S/c1-10-8-15(22)16(18(23)24-10)14(21)7-6-13-9-25-17(20-13)11-2-4-12(19)5-3-11/h2-9,16H,1H3. The number of hydrogen-bond acceptors (Lipinski definition) is 6. The zero-order valence-electron chi connectivity index (χ0n) is 13.1. The molecule has 25 heavy (non-hydrogen) atoms. The average Bonchev–Trinajstić information content (AvgIpc) is 3.01. The topological polar surface area (TPSA) is 73.3 Å². The Balaban J connectivity index is 1.74. The van der Waals surface area contributed by atoms with Crippen LogP contribution in [0, 0.1) is 5.92 Å². The zero-order chi connectivity index (χ0) is 18.0. The Morgan fingerprint density at radius 2 is 2.00 bits per heavy atom. The predicted molar refractivity (Wildman–Crippen MR) is 94.9 cm³/mol. The number of ether oxygens (including phenoxy) is 1. The van der Waals surface area contributed by atoms with Crippen LogP contribution in [0.15, 0.2) is 47.6 Å². The van der Waals surface area contributed by atoms with Gasteiger partial charge in [-0.3, -0.25) is 14.4 Å². The monoisotopic (exact) mass is 373 g/mol. The van der Waals surface area contributed by atoms with Crippen LogP contribution in [0.2, 0.25) is 5.02 Å². The molecule has 2 aromatic rings. The third kappa shape index (κ3) is 3.92. The second kappa shape index (κ2) is 7.13. The smallest absolute Gasteiger partial charge is 0.329 e. The van der Waals surface area contributed by atoms with E-state index in [0.29, 0.717) is 10.7 Å². The molecule has 1 aromatic carbocycles. The molecule has 5 nitrogen and oxygen atoms in total. The normalized spacial score (nSPS) is 17.5. The van der Waals surface area contributed by atoms with E-state index < -0.39 is 23.5 Å². The number of esters is 1. The molecule has 0 spiro atoms. The summed E-state index contributed by atoms with van der Waals surface area (Å²) in [6.45, 7) is 1.49. The minimum Gasteiger partial charge on any atom is -0.430 e. The molecule has 126 valence electrons. The molecule has 0 saturated carbocycles. The van der Waals surface area contributed by atoms with Crippen molar-refractivity contribution >= 4 is 46.5 Å². The van der Waals surface area contributed by atoms with Crippen LogP contribution in [0.1, 0.15) is 12.6 Å². The molecular formula is C18H12ClNO4S. The average molecular weight is 374 g/mol. The minimum absolute atomic E-state index is 0.190. The number of aromatic nitrogens is 1. The van der Waals surface area contributed by atoms with Crippen LogP contribution in [0.4, 0.5) is 0 Å². The van der Waals surface area contributed by atoms with Gasteiger partial charge in [-0.15, -0.1) is 11.3 Å². The number of ketones is 2. The van der Waals surface area contributed by atoms with Crippen molar-refractivity contribution in [1.82, 2.24) is 4.98 Å². The number of nitrogens with zero attached hydrogens (tertiary/aromatic N) is 1. The quantitative estimate of drug-likeness (QED) is 0.464. The number of carbonyl (C=O) groups excluding carboxylic acids is 3. The van der Waals surface area contributed by atoms with Gasteiger partial charge in [0.1, 0.15) is 10.8 Å². The fourth-order valence-electron chi connectivity index (χ4n) is 2.25. The highest BCUT2D eigenvalue weighted by Crippen LogP contribution is 2.25. The van der Waals surface area contributed by atoms with Gasteiger partial charge in [0.25, 0.3) is 0 Å². The van der Waals surface area contributed by atoms with Crippen molar-refractivity contribution in [3.63, 3.8) is 0 Å². The zero-order valence-corrected chi connectivity index (χ0v) is 14.6. The molecule has 0 N–H and O–H groups in total. The fraction of sp³-hybridized carbons (Fsp3) is 0.111. The highest BCUT2D eigenvalue weighted by atomic mass is 35.5. The summed E-state index contributed by atoms with van der Waals surface area (Å²) in [7, 11) is 0. The lowest BCUT2D eigenvalue weighted by atomic mass is 9.96. The van der Waals surface area contributed by atoms with Gasteiger partial charge in [0.05, 0.1) is 5.69 Å². The first kappa shape index (κ1) is 17.3. The second-order valence-electron chi connectivity index (χ2n) is 5.33. The van der Waals surface area contributed by atoms with E-state index in [0.717, 1.165) is 16.6 Å². The summed E-state index contributed by atoms with van der Waals surface area (Å²) in [5, 5.41) is 3.19. The van der Waals surface area contributed by atoms with Gasteiger partial charge in [0, 0.05) is 22.0 Å². The summed E-state index contributed by atoms with van der Waals surface area (Å²) in [5.41, 5.74) is 1.47. The summed E-state index contributed by atoms with van der Waals surface area (Å²) >= 11 is 7.27. The Hall–Kier alpha value is -2.57. The molecule has 1 unspecified atom stereocenters. The van der Waals surface area contributed by atoms with Crippen LogP contribution >= 0.6 is 22.9 Å². The van der Waals surface area contributed by atoms with Gasteiger partial charge < -0.3 is 4.74 Å². The van der Waals surface area contributed by atoms with Crippen LogP contribution in [-0.2, 0) is 19.1 Å². The van der Waals surface area contributed by atoms with Crippen molar-refractivity contribution in [3.8, 4) is 10.6 Å². The SMILES string of the molecule is CC1=CC(=O)C(C(=O)C=Cc2csc(-c3ccc(Cl)cc3)n2)C(=O)O1. The van der Waals surface area contributed by atoms with Gasteiger partial charge in [-0.05, 0) is 31.2 Å². The lowest BCUT2D eigenvalue weighted by Crippen LogP contribution is -2.34. The van der Waals surface area contributed by atoms with E-state index in [9.17, 15) is 14.4 Å². The summed E-state index contributed by atoms with van der Waals surface area (Å²) < 4.78 is 4.84. The largest absolute Gasteiger partial charge is 0.430 e. The maximum absolute atomic E-state index is 12.1. The molecule has 1 aliphatic heterocycles. The van der Waals surface area contributed by atoms with Gasteiger partial charge in [-0.1, -0.05) is 23.7 Å². The highest BCUT2D eigenvalue weighted by Gasteiger charge is 2.36. The van der Waals surface area contributed by atoms with E-state index in [4.69, 9.17) is 16.3 Å². The first-order valence-corrected chi connectivity index (χ1v) is 8.57. The van der Waals surface area contributed by atoms with Gasteiger partial charge in [0.15, 0.2) is 17.5 Å². The van der Waals surface area contributed by atoms with E-state index in [-0.39, 0.29) is 5.76 Å². The molecular weight excluding hydrogens is 362 g/mol. The lowest BCUT2D eigenvalue weighted by molar-refractivity contribution is -0.151. The van der Waals surface area contributed by atoms with Gasteiger partial charge >= 0.3 is 5.97 Å². The molecule has 1 aromatic heterocycles. The van der Waals surface area contributed by atoms with Gasteiger partial charge in [-0.25, -0.2) is 4.98 Å². The number of rotatable bonds is 4. The number of thiazole rings is 1. The summed E-state index contributed by atoms with van der Waals surface area (Å²) in [4.78, 5) is 40.1.